The molecule has 0 saturated heterocycles. The van der Waals surface area contributed by atoms with E-state index in [-0.39, 0.29) is 4.90 Å². The van der Waals surface area contributed by atoms with E-state index in [1.165, 1.54) is 19.2 Å². The molecule has 1 heterocycles. The van der Waals surface area contributed by atoms with Crippen LogP contribution >= 0.6 is 0 Å². The maximum Gasteiger partial charge on any atom is 0.321 e. The van der Waals surface area contributed by atoms with Gasteiger partial charge in [0.05, 0.1) is 16.3 Å². The van der Waals surface area contributed by atoms with E-state index in [0.717, 1.165) is 45.2 Å². The van der Waals surface area contributed by atoms with Crippen molar-refractivity contribution in [2.75, 3.05) is 25.1 Å². The van der Waals surface area contributed by atoms with Crippen LogP contribution in [0.5, 0.6) is 0 Å². The van der Waals surface area contributed by atoms with E-state index in [1.807, 2.05) is 55.5 Å². The van der Waals surface area contributed by atoms with Crippen LogP contribution < -0.4 is 4.90 Å². The van der Waals surface area contributed by atoms with Crippen LogP contribution in [0.2, 0.25) is 0 Å². The molecule has 0 aliphatic carbocycles. The van der Waals surface area contributed by atoms with E-state index >= 15 is 0 Å². The summed E-state index contributed by atoms with van der Waals surface area (Å²) in [6.07, 6.45) is 1.58. The summed E-state index contributed by atoms with van der Waals surface area (Å²) in [5.41, 5.74) is 4.50. The van der Waals surface area contributed by atoms with Crippen molar-refractivity contribution in [1.29, 1.82) is 0 Å². The Balaban J connectivity index is 1.47. The van der Waals surface area contributed by atoms with E-state index in [4.69, 9.17) is 4.74 Å². The molecule has 0 fully saturated rings. The molecule has 7 nitrogen and oxygen atoms in total. The van der Waals surface area contributed by atoms with Crippen molar-refractivity contribution >= 4 is 33.3 Å². The third-order valence-electron chi connectivity index (χ3n) is 5.82. The second-order valence-corrected chi connectivity index (χ2v) is 10.3. The molecule has 0 saturated carbocycles. The van der Waals surface area contributed by atoms with Crippen molar-refractivity contribution in [2.45, 2.75) is 24.7 Å². The van der Waals surface area contributed by atoms with Crippen LogP contribution in [0.4, 0.5) is 11.4 Å². The number of para-hydroxylation sites is 2. The van der Waals surface area contributed by atoms with Crippen molar-refractivity contribution in [3.05, 3.63) is 89.5 Å². The third kappa shape index (κ3) is 4.88. The van der Waals surface area contributed by atoms with Crippen molar-refractivity contribution in [1.82, 2.24) is 4.31 Å². The number of nitrogens with zero attached hydrogens (tertiary/aromatic N) is 2. The smallest absolute Gasteiger partial charge is 0.321 e. The molecule has 34 heavy (non-hydrogen) atoms. The van der Waals surface area contributed by atoms with Gasteiger partial charge in [-0.2, -0.15) is 4.31 Å². The average Bonchev–Trinajstić information content (AvgIpc) is 3.00. The summed E-state index contributed by atoms with van der Waals surface area (Å²) in [6, 6.07) is 21.7. The Morgan fingerprint density at radius 3 is 1.97 bits per heavy atom. The van der Waals surface area contributed by atoms with E-state index in [2.05, 4.69) is 0 Å². The second-order valence-electron chi connectivity index (χ2n) is 8.22. The molecule has 0 bridgehead atoms. The zero-order valence-corrected chi connectivity index (χ0v) is 19.9. The Morgan fingerprint density at radius 1 is 0.882 bits per heavy atom. The number of hydrogen-bond donors (Lipinski definition) is 0. The molecule has 0 atom stereocenters. The molecular weight excluding hydrogens is 452 g/mol. The van der Waals surface area contributed by atoms with Gasteiger partial charge in [0.15, 0.2) is 6.61 Å². The summed E-state index contributed by atoms with van der Waals surface area (Å²) in [7, 11) is -2.55. The number of rotatable bonds is 6. The maximum atomic E-state index is 13.2. The third-order valence-corrected chi connectivity index (χ3v) is 7.63. The summed E-state index contributed by atoms with van der Waals surface area (Å²) in [5.74, 6) is -1.21. The first kappa shape index (κ1) is 23.7. The second kappa shape index (κ2) is 9.79. The molecule has 0 N–H and O–H groups in total. The summed E-state index contributed by atoms with van der Waals surface area (Å²) >= 11 is 0. The number of fused-ring (bicyclic) bond motifs is 2. The van der Waals surface area contributed by atoms with E-state index < -0.39 is 35.1 Å². The molecular formula is C26H26N2O5S. The number of aryl methyl sites for hydroxylation is 3. The van der Waals surface area contributed by atoms with Crippen molar-refractivity contribution < 1.29 is 22.7 Å². The first-order valence-electron chi connectivity index (χ1n) is 10.9. The topological polar surface area (TPSA) is 84.0 Å². The Morgan fingerprint density at radius 2 is 1.41 bits per heavy atom. The van der Waals surface area contributed by atoms with E-state index in [0.29, 0.717) is 0 Å². The Bertz CT molecular complexity index is 1270. The largest absolute Gasteiger partial charge is 0.455 e. The lowest BCUT2D eigenvalue weighted by atomic mass is 10.0. The number of carbonyl (C=O) groups excluding carboxylic acids is 2. The number of anilines is 2. The number of benzene rings is 3. The first-order chi connectivity index (χ1) is 16.3. The minimum absolute atomic E-state index is 0.0854. The minimum Gasteiger partial charge on any atom is -0.455 e. The van der Waals surface area contributed by atoms with Gasteiger partial charge in [-0.3, -0.25) is 14.5 Å². The molecule has 176 valence electrons. The molecule has 0 unspecified atom stereocenters. The highest BCUT2D eigenvalue weighted by atomic mass is 32.2. The van der Waals surface area contributed by atoms with Gasteiger partial charge in [0.1, 0.15) is 6.54 Å². The van der Waals surface area contributed by atoms with Gasteiger partial charge in [-0.05, 0) is 55.2 Å². The summed E-state index contributed by atoms with van der Waals surface area (Å²) in [6.45, 7) is 0.853. The fourth-order valence-electron chi connectivity index (χ4n) is 3.96. The van der Waals surface area contributed by atoms with Crippen LogP contribution in [0.3, 0.4) is 0 Å². The summed E-state index contributed by atoms with van der Waals surface area (Å²) < 4.78 is 31.6. The van der Waals surface area contributed by atoms with Gasteiger partial charge in [0.25, 0.3) is 5.91 Å². The van der Waals surface area contributed by atoms with Gasteiger partial charge >= 0.3 is 5.97 Å². The van der Waals surface area contributed by atoms with Crippen LogP contribution in [0.15, 0.2) is 77.7 Å². The summed E-state index contributed by atoms with van der Waals surface area (Å²) in [5, 5.41) is 0. The van der Waals surface area contributed by atoms with Crippen molar-refractivity contribution in [2.24, 2.45) is 0 Å². The number of sulfonamides is 1. The average molecular weight is 479 g/mol. The predicted molar refractivity (Wildman–Crippen MR) is 129 cm³/mol. The van der Waals surface area contributed by atoms with Gasteiger partial charge in [-0.1, -0.05) is 54.1 Å². The predicted octanol–water partition coefficient (Wildman–Crippen LogP) is 3.62. The quantitative estimate of drug-likeness (QED) is 0.506. The summed E-state index contributed by atoms with van der Waals surface area (Å²) in [4.78, 5) is 27.3. The monoisotopic (exact) mass is 478 g/mol. The molecule has 1 amide bonds. The molecule has 1 aliphatic heterocycles. The molecule has 8 heteroatoms. The molecule has 3 aromatic carbocycles. The SMILES string of the molecule is Cc1ccc(S(=O)(=O)N(C)CC(=O)OCC(=O)N2c3ccccc3CCc3ccccc32)cc1. The lowest BCUT2D eigenvalue weighted by Crippen LogP contribution is -2.36. The zero-order valence-electron chi connectivity index (χ0n) is 19.1. The standard InChI is InChI=1S/C26H26N2O5S/c1-19-11-15-22(16-12-19)34(31,32)27(2)17-26(30)33-18-25(29)28-23-9-5-3-7-20(23)13-14-21-8-4-6-10-24(21)28/h3-12,15-16H,13-14,17-18H2,1-2H3. The maximum absolute atomic E-state index is 13.2. The van der Waals surface area contributed by atoms with Gasteiger partial charge < -0.3 is 4.74 Å². The number of esters is 1. The zero-order chi connectivity index (χ0) is 24.3. The van der Waals surface area contributed by atoms with Crippen LogP contribution in [-0.4, -0.2) is 44.8 Å². The number of hydrogen-bond acceptors (Lipinski definition) is 5. The lowest BCUT2D eigenvalue weighted by Gasteiger charge is -2.25. The van der Waals surface area contributed by atoms with E-state index in [1.54, 1.807) is 17.0 Å². The Labute approximate surface area is 199 Å². The molecule has 0 aromatic heterocycles. The highest BCUT2D eigenvalue weighted by molar-refractivity contribution is 7.89. The van der Waals surface area contributed by atoms with Crippen LogP contribution in [-0.2, 0) is 37.2 Å². The van der Waals surface area contributed by atoms with E-state index in [9.17, 15) is 18.0 Å². The van der Waals surface area contributed by atoms with Gasteiger partial charge in [0.2, 0.25) is 10.0 Å². The van der Waals surface area contributed by atoms with Crippen LogP contribution in [0.1, 0.15) is 16.7 Å². The molecule has 0 radical (unpaired) electrons. The minimum atomic E-state index is -3.86. The number of amides is 1. The lowest BCUT2D eigenvalue weighted by molar-refractivity contribution is -0.147. The first-order valence-corrected chi connectivity index (χ1v) is 12.4. The fraction of sp³-hybridized carbons (Fsp3) is 0.231. The van der Waals surface area contributed by atoms with Crippen molar-refractivity contribution in [3.8, 4) is 0 Å². The van der Waals surface area contributed by atoms with Crippen molar-refractivity contribution in [3.63, 3.8) is 0 Å². The molecule has 3 aromatic rings. The molecule has 4 rings (SSSR count). The Kier molecular flexibility index (Phi) is 6.81. The Hall–Kier alpha value is -3.49. The van der Waals surface area contributed by atoms with Crippen LogP contribution in [0, 0.1) is 6.92 Å². The normalized spacial score (nSPS) is 13.1. The highest BCUT2D eigenvalue weighted by Gasteiger charge is 2.28. The van der Waals surface area contributed by atoms with Gasteiger partial charge in [0, 0.05) is 7.05 Å². The molecule has 1 aliphatic rings. The number of likely N-dealkylation sites (N-methyl/N-ethyl adjacent to an activating group) is 1. The van der Waals surface area contributed by atoms with Gasteiger partial charge in [-0.25, -0.2) is 8.42 Å². The highest BCUT2D eigenvalue weighted by Crippen LogP contribution is 2.36. The van der Waals surface area contributed by atoms with Gasteiger partial charge in [-0.15, -0.1) is 0 Å². The fourth-order valence-corrected chi connectivity index (χ4v) is 5.07. The van der Waals surface area contributed by atoms with Crippen LogP contribution in [0.25, 0.3) is 0 Å². The number of ether oxygens (including phenoxy) is 1. The number of carbonyl (C=O) groups is 2. The molecule has 0 spiro atoms.